The number of ether oxygens (including phenoxy) is 2. The first kappa shape index (κ1) is 23.2. The van der Waals surface area contributed by atoms with Gasteiger partial charge in [-0.1, -0.05) is 49.4 Å². The Hall–Kier alpha value is -2.88. The maximum absolute atomic E-state index is 12.0. The van der Waals surface area contributed by atoms with Crippen molar-refractivity contribution in [3.05, 3.63) is 35.9 Å². The molecule has 0 aromatic heterocycles. The molecule has 0 atom stereocenters. The van der Waals surface area contributed by atoms with Crippen LogP contribution in [0.15, 0.2) is 30.3 Å². The van der Waals surface area contributed by atoms with Crippen LogP contribution in [0.25, 0.3) is 0 Å². The number of hydrogen-bond donors (Lipinski definition) is 2. The van der Waals surface area contributed by atoms with Crippen LogP contribution in [0.2, 0.25) is 0 Å². The van der Waals surface area contributed by atoms with Crippen LogP contribution >= 0.6 is 12.2 Å². The van der Waals surface area contributed by atoms with Gasteiger partial charge in [0, 0.05) is 6.42 Å². The van der Waals surface area contributed by atoms with Gasteiger partial charge in [-0.25, -0.2) is 9.59 Å². The van der Waals surface area contributed by atoms with Gasteiger partial charge in [-0.05, 0) is 30.1 Å². The third-order valence-electron chi connectivity index (χ3n) is 3.32. The smallest absolute Gasteiger partial charge is 0.429 e. The van der Waals surface area contributed by atoms with Gasteiger partial charge in [0.2, 0.25) is 5.11 Å². The summed E-state index contributed by atoms with van der Waals surface area (Å²) in [6.07, 6.45) is -0.148. The van der Waals surface area contributed by atoms with E-state index in [1.54, 1.807) is 12.1 Å². The van der Waals surface area contributed by atoms with E-state index < -0.39 is 18.0 Å². The zero-order chi connectivity index (χ0) is 20.9. The first-order chi connectivity index (χ1) is 13.3. The van der Waals surface area contributed by atoms with Crippen molar-refractivity contribution in [3.63, 3.8) is 0 Å². The van der Waals surface area contributed by atoms with Gasteiger partial charge >= 0.3 is 18.0 Å². The highest BCUT2D eigenvalue weighted by Crippen LogP contribution is 2.06. The highest BCUT2D eigenvalue weighted by molar-refractivity contribution is 7.80. The molecule has 0 unspecified atom stereocenters. The predicted molar refractivity (Wildman–Crippen MR) is 104 cm³/mol. The molecule has 2 N–H and O–H groups in total. The fourth-order valence-corrected chi connectivity index (χ4v) is 1.95. The number of hydroxylamine groups is 1. The number of esters is 1. The summed E-state index contributed by atoms with van der Waals surface area (Å²) in [4.78, 5) is 40.3. The maximum Gasteiger partial charge on any atom is 0.429 e. The Morgan fingerprint density at radius 2 is 1.82 bits per heavy atom. The second-order valence-corrected chi connectivity index (χ2v) is 6.49. The average molecular weight is 411 g/mol. The lowest BCUT2D eigenvalue weighted by atomic mass is 10.1. The number of methoxy groups -OCH3 is 1. The van der Waals surface area contributed by atoms with Crippen LogP contribution < -0.4 is 10.7 Å². The summed E-state index contributed by atoms with van der Waals surface area (Å²) in [5.41, 5.74) is 3.00. The summed E-state index contributed by atoms with van der Waals surface area (Å²) >= 11 is 5.05. The lowest BCUT2D eigenvalue weighted by Crippen LogP contribution is -2.52. The van der Waals surface area contributed by atoms with Gasteiger partial charge in [-0.15, -0.1) is 0 Å². The number of benzene rings is 1. The van der Waals surface area contributed by atoms with Gasteiger partial charge in [0.25, 0.3) is 0 Å². The van der Waals surface area contributed by atoms with Crippen LogP contribution in [-0.4, -0.2) is 42.0 Å². The number of carbonyl (C=O) groups is 3. The highest BCUT2D eigenvalue weighted by Gasteiger charge is 2.20. The quantitative estimate of drug-likeness (QED) is 0.396. The van der Waals surface area contributed by atoms with Crippen molar-refractivity contribution in [3.8, 4) is 0 Å². The van der Waals surface area contributed by atoms with E-state index >= 15 is 0 Å². The van der Waals surface area contributed by atoms with Gasteiger partial charge in [0.05, 0.1) is 7.11 Å². The van der Waals surface area contributed by atoms with Crippen molar-refractivity contribution < 1.29 is 28.7 Å². The third-order valence-corrected chi connectivity index (χ3v) is 3.63. The second-order valence-electron chi connectivity index (χ2n) is 6.10. The van der Waals surface area contributed by atoms with Crippen molar-refractivity contribution in [2.24, 2.45) is 5.92 Å². The molecule has 0 aliphatic heterocycles. The number of amides is 1. The first-order valence-electron chi connectivity index (χ1n) is 8.64. The van der Waals surface area contributed by atoms with Gasteiger partial charge in [0.15, 0.2) is 0 Å². The van der Waals surface area contributed by atoms with Gasteiger partial charge in [0.1, 0.15) is 13.2 Å². The minimum absolute atomic E-state index is 0.0180. The molecule has 0 aliphatic carbocycles. The van der Waals surface area contributed by atoms with Gasteiger partial charge < -0.3 is 19.6 Å². The zero-order valence-electron chi connectivity index (χ0n) is 16.1. The number of thiocarbonyl (C=S) groups is 1. The number of hydrogen-bond acceptors (Lipinski definition) is 7. The van der Waals surface area contributed by atoms with E-state index in [1.165, 1.54) is 7.11 Å². The second kappa shape index (κ2) is 12.5. The van der Waals surface area contributed by atoms with Crippen LogP contribution in [-0.2, 0) is 30.5 Å². The average Bonchev–Trinajstić information content (AvgIpc) is 2.68. The summed E-state index contributed by atoms with van der Waals surface area (Å²) in [5, 5.41) is 2.97. The third kappa shape index (κ3) is 9.72. The largest absolute Gasteiger partial charge is 0.468 e. The maximum atomic E-state index is 12.0. The standard InChI is InChI=1S/C18H25N3O6S/c1-13(2)9-10-15(22)27-21(17(28)19-11-16(23)25-3)20-18(24)26-12-14-7-5-4-6-8-14/h4-8,13H,9-12H2,1-3H3,(H,19,28)(H,20,24). The molecule has 0 saturated carbocycles. The minimum Gasteiger partial charge on any atom is -0.468 e. The van der Waals surface area contributed by atoms with Crippen LogP contribution in [0.1, 0.15) is 32.3 Å². The van der Waals surface area contributed by atoms with Crippen LogP contribution in [0.5, 0.6) is 0 Å². The van der Waals surface area contributed by atoms with Crippen molar-refractivity contribution >= 4 is 35.4 Å². The molecule has 0 spiro atoms. The molecule has 1 amide bonds. The first-order valence-corrected chi connectivity index (χ1v) is 9.05. The van der Waals surface area contributed by atoms with E-state index in [9.17, 15) is 14.4 Å². The van der Waals surface area contributed by atoms with Gasteiger partial charge in [-0.2, -0.15) is 5.43 Å². The monoisotopic (exact) mass is 411 g/mol. The molecular formula is C18H25N3O6S. The Balaban J connectivity index is 2.64. The van der Waals surface area contributed by atoms with E-state index in [0.717, 1.165) is 5.56 Å². The molecule has 1 aromatic carbocycles. The lowest BCUT2D eigenvalue weighted by Gasteiger charge is -2.23. The van der Waals surface area contributed by atoms with Gasteiger partial charge in [-0.3, -0.25) is 4.79 Å². The van der Waals surface area contributed by atoms with Crippen molar-refractivity contribution in [2.45, 2.75) is 33.3 Å². The molecular weight excluding hydrogens is 386 g/mol. The van der Waals surface area contributed by atoms with E-state index in [-0.39, 0.29) is 24.7 Å². The number of nitrogens with one attached hydrogen (secondary N) is 2. The number of nitrogens with zero attached hydrogens (tertiary/aromatic N) is 1. The Morgan fingerprint density at radius 1 is 1.14 bits per heavy atom. The summed E-state index contributed by atoms with van der Waals surface area (Å²) in [5.74, 6) is -0.881. The van der Waals surface area contributed by atoms with Crippen molar-refractivity contribution in [2.75, 3.05) is 13.7 Å². The molecule has 1 aromatic rings. The molecule has 0 bridgehead atoms. The summed E-state index contributed by atoms with van der Waals surface area (Å²) in [6, 6.07) is 9.04. The molecule has 154 valence electrons. The Kier molecular flexibility index (Phi) is 10.3. The molecule has 0 radical (unpaired) electrons. The molecule has 0 heterocycles. The fourth-order valence-electron chi connectivity index (χ4n) is 1.80. The van der Waals surface area contributed by atoms with E-state index in [0.29, 0.717) is 17.5 Å². The van der Waals surface area contributed by atoms with E-state index in [4.69, 9.17) is 21.8 Å². The van der Waals surface area contributed by atoms with Crippen molar-refractivity contribution in [1.29, 1.82) is 0 Å². The molecule has 0 saturated heterocycles. The Bertz CT molecular complexity index is 669. The lowest BCUT2D eigenvalue weighted by molar-refractivity contribution is -0.181. The molecule has 0 aliphatic rings. The normalized spacial score (nSPS) is 10.0. The summed E-state index contributed by atoms with van der Waals surface area (Å²) in [6.45, 7) is 3.68. The number of hydrazine groups is 1. The fraction of sp³-hybridized carbons (Fsp3) is 0.444. The van der Waals surface area contributed by atoms with Crippen molar-refractivity contribution in [1.82, 2.24) is 15.9 Å². The summed E-state index contributed by atoms with van der Waals surface area (Å²) < 4.78 is 9.57. The van der Waals surface area contributed by atoms with E-state index in [2.05, 4.69) is 15.5 Å². The minimum atomic E-state index is -0.886. The highest BCUT2D eigenvalue weighted by atomic mass is 32.1. The topological polar surface area (TPSA) is 106 Å². The van der Waals surface area contributed by atoms with E-state index in [1.807, 2.05) is 32.0 Å². The zero-order valence-corrected chi connectivity index (χ0v) is 16.9. The number of rotatable bonds is 7. The summed E-state index contributed by atoms with van der Waals surface area (Å²) in [7, 11) is 1.22. The number of carbonyl (C=O) groups excluding carboxylic acids is 3. The van der Waals surface area contributed by atoms with Crippen LogP contribution in [0.3, 0.4) is 0 Å². The predicted octanol–water partition coefficient (Wildman–Crippen LogP) is 2.07. The molecule has 1 rings (SSSR count). The molecule has 10 heteroatoms. The van der Waals surface area contributed by atoms with Crippen LogP contribution in [0.4, 0.5) is 4.79 Å². The molecule has 28 heavy (non-hydrogen) atoms. The SMILES string of the molecule is COC(=O)CNC(=S)N(NC(=O)OCc1ccccc1)OC(=O)CCC(C)C. The molecule has 0 fully saturated rings. The molecule has 9 nitrogen and oxygen atoms in total. The van der Waals surface area contributed by atoms with Crippen LogP contribution in [0, 0.1) is 5.92 Å². The Morgan fingerprint density at radius 3 is 2.43 bits per heavy atom. The Labute approximate surface area is 169 Å².